The van der Waals surface area contributed by atoms with E-state index in [9.17, 15) is 19.6 Å². The Kier molecular flexibility index (Phi) is 3.58. The molecule has 4 atom stereocenters. The molecule has 9 heteroatoms. The average molecular weight is 357 g/mol. The first kappa shape index (κ1) is 12.6. The third-order valence-corrected chi connectivity index (χ3v) is 3.58. The maximum absolute atomic E-state index is 13.8. The van der Waals surface area contributed by atoms with Gasteiger partial charge in [-0.1, -0.05) is 27.6 Å². The largest absolute Gasteiger partial charge is 0.436 e. The maximum atomic E-state index is 13.8. The highest BCUT2D eigenvalue weighted by atomic mass is 127. The molecular formula is C8H9FIN3O4. The van der Waals surface area contributed by atoms with E-state index in [1.807, 2.05) is 22.6 Å². The quantitative estimate of drug-likeness (QED) is 0.366. The normalized spacial score (nSPS) is 33.6. The van der Waals surface area contributed by atoms with E-state index in [-0.39, 0.29) is 10.5 Å². The Balaban J connectivity index is 2.28. The standard InChI is InChI=1S/C8H9FIN3O4/c9-5-6(14)4(10)3-17-7(5)12-2-1-11-8(12)13(15)16/h1-2,4-7,14H,3H2/t4-,5-,6+,7+/m0/s1. The number of aliphatic hydroxyl groups is 1. The van der Waals surface area contributed by atoms with Crippen LogP contribution >= 0.6 is 22.6 Å². The third-order valence-electron chi connectivity index (χ3n) is 2.48. The van der Waals surface area contributed by atoms with Gasteiger partial charge in [-0.05, 0) is 4.92 Å². The van der Waals surface area contributed by atoms with Crippen molar-refractivity contribution in [2.45, 2.75) is 22.4 Å². The van der Waals surface area contributed by atoms with Gasteiger partial charge in [-0.15, -0.1) is 0 Å². The molecule has 1 fully saturated rings. The number of nitrogens with zero attached hydrogens (tertiary/aromatic N) is 3. The first-order chi connectivity index (χ1) is 8.02. The Hall–Kier alpha value is -0.810. The van der Waals surface area contributed by atoms with E-state index in [0.29, 0.717) is 0 Å². The second-order valence-electron chi connectivity index (χ2n) is 3.57. The van der Waals surface area contributed by atoms with E-state index in [1.165, 1.54) is 12.4 Å². The lowest BCUT2D eigenvalue weighted by Crippen LogP contribution is -2.46. The highest BCUT2D eigenvalue weighted by Gasteiger charge is 2.43. The minimum absolute atomic E-state index is 0.127. The number of ether oxygens (including phenoxy) is 1. The number of aliphatic hydroxyl groups excluding tert-OH is 1. The molecule has 7 nitrogen and oxygen atoms in total. The van der Waals surface area contributed by atoms with Gasteiger partial charge < -0.3 is 20.0 Å². The summed E-state index contributed by atoms with van der Waals surface area (Å²) in [6.07, 6.45) is -1.69. The minimum Gasteiger partial charge on any atom is -0.390 e. The average Bonchev–Trinajstić information content (AvgIpc) is 2.75. The second kappa shape index (κ2) is 4.82. The monoisotopic (exact) mass is 357 g/mol. The zero-order valence-electron chi connectivity index (χ0n) is 8.44. The van der Waals surface area contributed by atoms with Crippen molar-refractivity contribution in [1.29, 1.82) is 0 Å². The topological polar surface area (TPSA) is 90.4 Å². The fourth-order valence-corrected chi connectivity index (χ4v) is 2.23. The van der Waals surface area contributed by atoms with Crippen LogP contribution in [0.4, 0.5) is 10.3 Å². The Morgan fingerprint density at radius 1 is 1.76 bits per heavy atom. The molecule has 1 N–H and O–H groups in total. The summed E-state index contributed by atoms with van der Waals surface area (Å²) in [6, 6.07) is 0. The summed E-state index contributed by atoms with van der Waals surface area (Å²) in [5.74, 6) is -0.503. The SMILES string of the molecule is O=[N+]([O-])c1nccn1[C@@H]1OC[C@H](I)[C@@H](O)[C@@H]1F. The van der Waals surface area contributed by atoms with Crippen molar-refractivity contribution in [3.63, 3.8) is 0 Å². The van der Waals surface area contributed by atoms with Crippen molar-refractivity contribution in [2.75, 3.05) is 6.61 Å². The van der Waals surface area contributed by atoms with Crippen molar-refractivity contribution in [2.24, 2.45) is 0 Å². The lowest BCUT2D eigenvalue weighted by Gasteiger charge is -2.32. The van der Waals surface area contributed by atoms with Crippen LogP contribution in [0.3, 0.4) is 0 Å². The molecule has 0 amide bonds. The molecule has 1 aromatic rings. The fraction of sp³-hybridized carbons (Fsp3) is 0.625. The Bertz CT molecular complexity index is 429. The van der Waals surface area contributed by atoms with Crippen LogP contribution in [0.5, 0.6) is 0 Å². The molecule has 17 heavy (non-hydrogen) atoms. The molecule has 0 spiro atoms. The number of hydrogen-bond donors (Lipinski definition) is 1. The molecule has 0 radical (unpaired) electrons. The van der Waals surface area contributed by atoms with Gasteiger partial charge in [-0.25, -0.2) is 4.39 Å². The van der Waals surface area contributed by atoms with E-state index < -0.39 is 29.4 Å². The van der Waals surface area contributed by atoms with Gasteiger partial charge in [0.15, 0.2) is 6.17 Å². The van der Waals surface area contributed by atoms with Crippen LogP contribution in [0, 0.1) is 10.1 Å². The lowest BCUT2D eigenvalue weighted by molar-refractivity contribution is -0.399. The molecule has 0 saturated carbocycles. The highest BCUT2D eigenvalue weighted by Crippen LogP contribution is 2.32. The van der Waals surface area contributed by atoms with Gasteiger partial charge in [-0.2, -0.15) is 4.57 Å². The first-order valence-electron chi connectivity index (χ1n) is 4.77. The van der Waals surface area contributed by atoms with Crippen molar-refractivity contribution in [3.8, 4) is 0 Å². The number of hydrogen-bond acceptors (Lipinski definition) is 5. The molecule has 1 aliphatic heterocycles. The van der Waals surface area contributed by atoms with E-state index in [4.69, 9.17) is 4.74 Å². The molecule has 1 aromatic heterocycles. The predicted octanol–water partition coefficient (Wildman–Crippen LogP) is 0.823. The minimum atomic E-state index is -1.72. The first-order valence-corrected chi connectivity index (χ1v) is 6.02. The van der Waals surface area contributed by atoms with Gasteiger partial charge in [0.1, 0.15) is 18.5 Å². The van der Waals surface area contributed by atoms with Crippen LogP contribution in [-0.2, 0) is 4.74 Å². The zero-order chi connectivity index (χ0) is 12.6. The molecule has 1 aliphatic rings. The number of rotatable bonds is 2. The van der Waals surface area contributed by atoms with Gasteiger partial charge in [0.05, 0.1) is 10.5 Å². The number of halogens is 2. The van der Waals surface area contributed by atoms with Crippen molar-refractivity contribution in [1.82, 2.24) is 9.55 Å². The summed E-state index contributed by atoms with van der Waals surface area (Å²) in [4.78, 5) is 13.4. The summed E-state index contributed by atoms with van der Waals surface area (Å²) in [7, 11) is 0. The second-order valence-corrected chi connectivity index (χ2v) is 5.17. The van der Waals surface area contributed by atoms with Crippen LogP contribution in [0.25, 0.3) is 0 Å². The van der Waals surface area contributed by atoms with Crippen LogP contribution in [0.15, 0.2) is 12.4 Å². The summed E-state index contributed by atoms with van der Waals surface area (Å²) in [5, 5.41) is 20.2. The molecule has 94 valence electrons. The highest BCUT2D eigenvalue weighted by molar-refractivity contribution is 14.1. The zero-order valence-corrected chi connectivity index (χ0v) is 10.6. The molecule has 0 aliphatic carbocycles. The molecule has 2 rings (SSSR count). The Morgan fingerprint density at radius 3 is 3.12 bits per heavy atom. The number of aromatic nitrogens is 2. The smallest absolute Gasteiger partial charge is 0.390 e. The number of imidazole rings is 1. The summed E-state index contributed by atoms with van der Waals surface area (Å²) in [5.41, 5.74) is 0. The van der Waals surface area contributed by atoms with Gasteiger partial charge >= 0.3 is 5.95 Å². The summed E-state index contributed by atoms with van der Waals surface area (Å²) >= 11 is 1.87. The molecule has 1 saturated heterocycles. The van der Waals surface area contributed by atoms with Gasteiger partial charge in [-0.3, -0.25) is 0 Å². The fourth-order valence-electron chi connectivity index (χ4n) is 1.63. The van der Waals surface area contributed by atoms with Crippen molar-refractivity contribution >= 4 is 28.5 Å². The third kappa shape index (κ3) is 2.26. The van der Waals surface area contributed by atoms with E-state index >= 15 is 0 Å². The van der Waals surface area contributed by atoms with Gasteiger partial charge in [0.25, 0.3) is 0 Å². The van der Waals surface area contributed by atoms with Crippen LogP contribution in [-0.4, -0.2) is 42.4 Å². The van der Waals surface area contributed by atoms with Crippen LogP contribution in [0.2, 0.25) is 0 Å². The number of nitro groups is 1. The van der Waals surface area contributed by atoms with E-state index in [2.05, 4.69) is 4.98 Å². The Labute approximate surface area is 109 Å². The van der Waals surface area contributed by atoms with Crippen molar-refractivity contribution in [3.05, 3.63) is 22.5 Å². The van der Waals surface area contributed by atoms with Crippen LogP contribution < -0.4 is 0 Å². The summed E-state index contributed by atoms with van der Waals surface area (Å²) < 4.78 is 19.6. The Morgan fingerprint density at radius 2 is 2.47 bits per heavy atom. The molecular weight excluding hydrogens is 348 g/mol. The van der Waals surface area contributed by atoms with Crippen LogP contribution in [0.1, 0.15) is 6.23 Å². The van der Waals surface area contributed by atoms with Crippen molar-refractivity contribution < 1.29 is 19.2 Å². The van der Waals surface area contributed by atoms with E-state index in [1.54, 1.807) is 0 Å². The number of alkyl halides is 2. The summed E-state index contributed by atoms with van der Waals surface area (Å²) in [6.45, 7) is 0.127. The lowest BCUT2D eigenvalue weighted by atomic mass is 10.1. The molecule has 0 aromatic carbocycles. The molecule has 0 unspecified atom stereocenters. The molecule has 2 heterocycles. The van der Waals surface area contributed by atoms with Gasteiger partial charge in [0, 0.05) is 0 Å². The maximum Gasteiger partial charge on any atom is 0.436 e. The van der Waals surface area contributed by atoms with E-state index in [0.717, 1.165) is 4.57 Å². The van der Waals surface area contributed by atoms with Gasteiger partial charge in [0.2, 0.25) is 6.23 Å². The predicted molar refractivity (Wildman–Crippen MR) is 62.6 cm³/mol. The molecule has 0 bridgehead atoms.